The van der Waals surface area contributed by atoms with Crippen LogP contribution < -0.4 is 16.4 Å². The average Bonchev–Trinajstić information content (AvgIpc) is 2.04. The second-order valence-electron chi connectivity index (χ2n) is 2.51. The maximum atomic E-state index is 10.7. The number of rotatable bonds is 5. The smallest absolute Gasteiger partial charge is 0.221 e. The molecule has 4 N–H and O–H groups in total. The SMILES string of the molecule is CNC(=O)CCNC(C)CN. The molecule has 1 atom stereocenters. The lowest BCUT2D eigenvalue weighted by molar-refractivity contribution is -0.120. The molecule has 0 bridgehead atoms. The molecule has 0 aliphatic carbocycles. The van der Waals surface area contributed by atoms with Gasteiger partial charge in [-0.2, -0.15) is 0 Å². The maximum absolute atomic E-state index is 10.7. The highest BCUT2D eigenvalue weighted by Gasteiger charge is 1.99. The molecular weight excluding hydrogens is 142 g/mol. The maximum Gasteiger partial charge on any atom is 0.221 e. The molecule has 0 aromatic rings. The van der Waals surface area contributed by atoms with Gasteiger partial charge in [0, 0.05) is 32.6 Å². The van der Waals surface area contributed by atoms with Gasteiger partial charge in [0.1, 0.15) is 0 Å². The Kier molecular flexibility index (Phi) is 5.78. The molecule has 1 amide bonds. The van der Waals surface area contributed by atoms with Crippen molar-refractivity contribution >= 4 is 5.91 Å². The Morgan fingerprint density at radius 2 is 2.27 bits per heavy atom. The van der Waals surface area contributed by atoms with Gasteiger partial charge in [-0.15, -0.1) is 0 Å². The van der Waals surface area contributed by atoms with E-state index in [1.54, 1.807) is 7.05 Å². The van der Waals surface area contributed by atoms with Crippen LogP contribution >= 0.6 is 0 Å². The third kappa shape index (κ3) is 5.82. The number of hydrogen-bond acceptors (Lipinski definition) is 3. The Hall–Kier alpha value is -0.610. The molecule has 0 saturated heterocycles. The normalized spacial score (nSPS) is 12.6. The summed E-state index contributed by atoms with van der Waals surface area (Å²) in [5.41, 5.74) is 5.36. The molecule has 11 heavy (non-hydrogen) atoms. The fraction of sp³-hybridized carbons (Fsp3) is 0.857. The van der Waals surface area contributed by atoms with Gasteiger partial charge < -0.3 is 16.4 Å². The van der Waals surface area contributed by atoms with Crippen LogP contribution in [-0.2, 0) is 4.79 Å². The molecule has 1 unspecified atom stereocenters. The van der Waals surface area contributed by atoms with Crippen molar-refractivity contribution in [1.29, 1.82) is 0 Å². The molecule has 0 radical (unpaired) electrons. The standard InChI is InChI=1S/C7H17N3O/c1-6(5-8)10-4-3-7(11)9-2/h6,10H,3-5,8H2,1-2H3,(H,9,11). The number of hydrogen-bond donors (Lipinski definition) is 3. The summed E-state index contributed by atoms with van der Waals surface area (Å²) >= 11 is 0. The fourth-order valence-electron chi connectivity index (χ4n) is 0.640. The Morgan fingerprint density at radius 3 is 2.73 bits per heavy atom. The van der Waals surface area contributed by atoms with Gasteiger partial charge in [-0.25, -0.2) is 0 Å². The van der Waals surface area contributed by atoms with Gasteiger partial charge in [0.2, 0.25) is 5.91 Å². The van der Waals surface area contributed by atoms with Gasteiger partial charge in [-0.1, -0.05) is 0 Å². The van der Waals surface area contributed by atoms with Gasteiger partial charge >= 0.3 is 0 Å². The minimum Gasteiger partial charge on any atom is -0.359 e. The molecule has 4 nitrogen and oxygen atoms in total. The predicted octanol–water partition coefficient (Wildman–Crippen LogP) is -0.941. The summed E-state index contributed by atoms with van der Waals surface area (Å²) in [6.07, 6.45) is 0.515. The zero-order chi connectivity index (χ0) is 8.69. The monoisotopic (exact) mass is 159 g/mol. The van der Waals surface area contributed by atoms with Crippen LogP contribution in [-0.4, -0.2) is 32.1 Å². The van der Waals surface area contributed by atoms with Crippen molar-refractivity contribution in [3.63, 3.8) is 0 Å². The minimum absolute atomic E-state index is 0.0571. The molecular formula is C7H17N3O. The quantitative estimate of drug-likeness (QED) is 0.485. The average molecular weight is 159 g/mol. The van der Waals surface area contributed by atoms with Crippen molar-refractivity contribution in [2.75, 3.05) is 20.1 Å². The van der Waals surface area contributed by atoms with E-state index < -0.39 is 0 Å². The van der Waals surface area contributed by atoms with Crippen molar-refractivity contribution in [2.24, 2.45) is 5.73 Å². The highest BCUT2D eigenvalue weighted by atomic mass is 16.1. The van der Waals surface area contributed by atoms with Crippen LogP contribution in [0, 0.1) is 0 Å². The van der Waals surface area contributed by atoms with Crippen LogP contribution in [0.3, 0.4) is 0 Å². The van der Waals surface area contributed by atoms with Gasteiger partial charge in [-0.05, 0) is 6.92 Å². The van der Waals surface area contributed by atoms with Crippen molar-refractivity contribution in [2.45, 2.75) is 19.4 Å². The summed E-state index contributed by atoms with van der Waals surface area (Å²) in [7, 11) is 1.63. The lowest BCUT2D eigenvalue weighted by Gasteiger charge is -2.09. The Labute approximate surface area is 67.5 Å². The summed E-state index contributed by atoms with van der Waals surface area (Å²) in [6, 6.07) is 0.291. The summed E-state index contributed by atoms with van der Waals surface area (Å²) in [6.45, 7) is 3.29. The predicted molar refractivity (Wildman–Crippen MR) is 45.2 cm³/mol. The lowest BCUT2D eigenvalue weighted by atomic mass is 10.3. The number of carbonyl (C=O) groups excluding carboxylic acids is 1. The van der Waals surface area contributed by atoms with Gasteiger partial charge in [0.25, 0.3) is 0 Å². The molecule has 0 aromatic heterocycles. The molecule has 0 saturated carbocycles. The largest absolute Gasteiger partial charge is 0.359 e. The van der Waals surface area contributed by atoms with Crippen LogP contribution in [0.2, 0.25) is 0 Å². The van der Waals surface area contributed by atoms with E-state index in [2.05, 4.69) is 10.6 Å². The molecule has 0 rings (SSSR count). The molecule has 0 heterocycles. The highest BCUT2D eigenvalue weighted by Crippen LogP contribution is 1.79. The van der Waals surface area contributed by atoms with Gasteiger partial charge in [0.05, 0.1) is 0 Å². The van der Waals surface area contributed by atoms with Crippen molar-refractivity contribution < 1.29 is 4.79 Å². The second kappa shape index (κ2) is 6.12. The van der Waals surface area contributed by atoms with Crippen molar-refractivity contribution in [1.82, 2.24) is 10.6 Å². The molecule has 66 valence electrons. The molecule has 4 heteroatoms. The van der Waals surface area contributed by atoms with Crippen LogP contribution in [0.25, 0.3) is 0 Å². The van der Waals surface area contributed by atoms with Crippen LogP contribution in [0.5, 0.6) is 0 Å². The van der Waals surface area contributed by atoms with E-state index in [0.717, 1.165) is 0 Å². The summed E-state index contributed by atoms with van der Waals surface area (Å²) in [4.78, 5) is 10.7. The van der Waals surface area contributed by atoms with Gasteiger partial charge in [-0.3, -0.25) is 4.79 Å². The van der Waals surface area contributed by atoms with E-state index in [-0.39, 0.29) is 5.91 Å². The Morgan fingerprint density at radius 1 is 1.64 bits per heavy atom. The number of nitrogens with one attached hydrogen (secondary N) is 2. The Bertz CT molecular complexity index is 116. The van der Waals surface area contributed by atoms with Crippen LogP contribution in [0.15, 0.2) is 0 Å². The van der Waals surface area contributed by atoms with Crippen LogP contribution in [0.1, 0.15) is 13.3 Å². The van der Waals surface area contributed by atoms with Crippen LogP contribution in [0.4, 0.5) is 0 Å². The molecule has 0 spiro atoms. The minimum atomic E-state index is 0.0571. The van der Waals surface area contributed by atoms with Gasteiger partial charge in [0.15, 0.2) is 0 Å². The zero-order valence-corrected chi connectivity index (χ0v) is 7.18. The number of nitrogens with two attached hydrogens (primary N) is 1. The first-order valence-corrected chi connectivity index (χ1v) is 3.84. The number of amides is 1. The van der Waals surface area contributed by atoms with Crippen molar-refractivity contribution in [3.8, 4) is 0 Å². The van der Waals surface area contributed by atoms with E-state index in [1.807, 2.05) is 6.92 Å². The third-order valence-electron chi connectivity index (χ3n) is 1.48. The Balaban J connectivity index is 3.20. The topological polar surface area (TPSA) is 67.2 Å². The molecule has 0 aliphatic rings. The molecule has 0 fully saturated rings. The number of carbonyl (C=O) groups is 1. The summed E-state index contributed by atoms with van der Waals surface area (Å²) < 4.78 is 0. The zero-order valence-electron chi connectivity index (χ0n) is 7.18. The van der Waals surface area contributed by atoms with E-state index >= 15 is 0 Å². The van der Waals surface area contributed by atoms with Crippen molar-refractivity contribution in [3.05, 3.63) is 0 Å². The lowest BCUT2D eigenvalue weighted by Crippen LogP contribution is -2.35. The summed E-state index contributed by atoms with van der Waals surface area (Å²) in [5.74, 6) is 0.0571. The first kappa shape index (κ1) is 10.4. The van der Waals surface area contributed by atoms with E-state index in [9.17, 15) is 4.79 Å². The van der Waals surface area contributed by atoms with E-state index in [1.165, 1.54) is 0 Å². The second-order valence-corrected chi connectivity index (χ2v) is 2.51. The molecule has 0 aliphatic heterocycles. The summed E-state index contributed by atoms with van der Waals surface area (Å²) in [5, 5.41) is 5.66. The third-order valence-corrected chi connectivity index (χ3v) is 1.48. The first-order valence-electron chi connectivity index (χ1n) is 3.84. The first-order chi connectivity index (χ1) is 5.20. The fourth-order valence-corrected chi connectivity index (χ4v) is 0.640. The van der Waals surface area contributed by atoms with E-state index in [4.69, 9.17) is 5.73 Å². The van der Waals surface area contributed by atoms with E-state index in [0.29, 0.717) is 25.6 Å². The highest BCUT2D eigenvalue weighted by molar-refractivity contribution is 5.75. The molecule has 0 aromatic carbocycles.